The summed E-state index contributed by atoms with van der Waals surface area (Å²) in [6.45, 7) is 6.61. The maximum Gasteiger partial charge on any atom is 0.413 e. The van der Waals surface area contributed by atoms with Crippen molar-refractivity contribution in [1.29, 1.82) is 0 Å². The summed E-state index contributed by atoms with van der Waals surface area (Å²) in [6.07, 6.45) is 5.55. The van der Waals surface area contributed by atoms with Gasteiger partial charge in [-0.15, -0.1) is 0 Å². The molecule has 0 radical (unpaired) electrons. The number of amides is 1. The van der Waals surface area contributed by atoms with Gasteiger partial charge in [-0.05, 0) is 70.6 Å². The summed E-state index contributed by atoms with van der Waals surface area (Å²) in [6, 6.07) is 4.64. The molecule has 1 aromatic rings. The van der Waals surface area contributed by atoms with Crippen LogP contribution in [0.2, 0.25) is 10.0 Å². The van der Waals surface area contributed by atoms with E-state index in [0.717, 1.165) is 31.2 Å². The number of halogens is 2. The summed E-state index contributed by atoms with van der Waals surface area (Å²) in [5.74, 6) is -0.188. The molecule has 0 bridgehead atoms. The Morgan fingerprint density at radius 1 is 1.14 bits per heavy atom. The third-order valence-electron chi connectivity index (χ3n) is 6.29. The SMILES string of the molecule is CC(c1ccc(Cl)c(Cl)c1)N(CCCP(=O)(O)CC1CCCCC1)C(=O)OCOC(=O)C(C)(C)C. The molecule has 2 unspecified atom stereocenters. The molecule has 0 aromatic heterocycles. The molecule has 7 nitrogen and oxygen atoms in total. The van der Waals surface area contributed by atoms with Gasteiger partial charge in [-0.2, -0.15) is 0 Å². The van der Waals surface area contributed by atoms with Crippen molar-refractivity contribution in [3.8, 4) is 0 Å². The molecule has 1 aliphatic rings. The fraction of sp³-hybridized carbons (Fsp3) is 0.680. The Balaban J connectivity index is 2.04. The normalized spacial score (nSPS) is 17.3. The zero-order valence-electron chi connectivity index (χ0n) is 21.1. The lowest BCUT2D eigenvalue weighted by atomic mass is 9.91. The van der Waals surface area contributed by atoms with E-state index in [1.54, 1.807) is 39.0 Å². The van der Waals surface area contributed by atoms with Crippen LogP contribution in [-0.4, -0.2) is 47.5 Å². The second-order valence-corrected chi connectivity index (χ2v) is 13.7. The quantitative estimate of drug-likeness (QED) is 0.187. The minimum absolute atomic E-state index is 0.125. The van der Waals surface area contributed by atoms with Gasteiger partial charge < -0.3 is 19.3 Å². The highest BCUT2D eigenvalue weighted by atomic mass is 35.5. The minimum Gasteiger partial charge on any atom is -0.427 e. The fourth-order valence-electron chi connectivity index (χ4n) is 4.18. The van der Waals surface area contributed by atoms with E-state index in [9.17, 15) is 19.0 Å². The van der Waals surface area contributed by atoms with Crippen molar-refractivity contribution in [1.82, 2.24) is 4.90 Å². The van der Waals surface area contributed by atoms with Gasteiger partial charge in [0, 0.05) is 18.9 Å². The summed E-state index contributed by atoms with van der Waals surface area (Å²) in [5, 5.41) is 0.755. The van der Waals surface area contributed by atoms with E-state index >= 15 is 0 Å². The number of carbonyl (C=O) groups is 2. The van der Waals surface area contributed by atoms with Crippen molar-refractivity contribution in [3.05, 3.63) is 33.8 Å². The molecule has 2 atom stereocenters. The van der Waals surface area contributed by atoms with Crippen molar-refractivity contribution in [3.63, 3.8) is 0 Å². The highest BCUT2D eigenvalue weighted by molar-refractivity contribution is 7.58. The minimum atomic E-state index is -3.30. The molecule has 1 N–H and O–H groups in total. The Bertz CT molecular complexity index is 914. The van der Waals surface area contributed by atoms with Gasteiger partial charge in [0.15, 0.2) is 0 Å². The smallest absolute Gasteiger partial charge is 0.413 e. The van der Waals surface area contributed by atoms with Crippen LogP contribution in [0.15, 0.2) is 18.2 Å². The monoisotopic (exact) mass is 549 g/mol. The van der Waals surface area contributed by atoms with E-state index in [0.29, 0.717) is 28.5 Å². The molecule has 1 aliphatic carbocycles. The number of hydrogen-bond donors (Lipinski definition) is 1. The molecule has 35 heavy (non-hydrogen) atoms. The molecule has 2 rings (SSSR count). The molecule has 1 saturated carbocycles. The molecule has 0 heterocycles. The first-order valence-corrected chi connectivity index (χ1v) is 14.9. The van der Waals surface area contributed by atoms with E-state index in [-0.39, 0.29) is 12.7 Å². The van der Waals surface area contributed by atoms with Crippen LogP contribution in [0.25, 0.3) is 0 Å². The summed E-state index contributed by atoms with van der Waals surface area (Å²) in [7, 11) is -3.30. The van der Waals surface area contributed by atoms with Gasteiger partial charge >= 0.3 is 12.1 Å². The summed E-state index contributed by atoms with van der Waals surface area (Å²) in [5.41, 5.74) is 0.0116. The fourth-order valence-corrected chi connectivity index (χ4v) is 6.48. The van der Waals surface area contributed by atoms with Crippen LogP contribution < -0.4 is 0 Å². The number of benzene rings is 1. The van der Waals surface area contributed by atoms with E-state index in [4.69, 9.17) is 32.7 Å². The standard InChI is InChI=1S/C25H38Cl2NO6P/c1-18(20-11-12-21(26)22(27)15-20)28(24(30)34-17-33-23(29)25(2,3)4)13-8-14-35(31,32)16-19-9-6-5-7-10-19/h11-12,15,18-19H,5-10,13-14,16-17H2,1-4H3,(H,31,32). The average molecular weight is 550 g/mol. The lowest BCUT2D eigenvalue weighted by Crippen LogP contribution is -2.36. The van der Waals surface area contributed by atoms with Crippen LogP contribution in [0, 0.1) is 11.3 Å². The van der Waals surface area contributed by atoms with E-state index < -0.39 is 37.7 Å². The maximum absolute atomic E-state index is 12.9. The Kier molecular flexibility index (Phi) is 11.4. The van der Waals surface area contributed by atoms with Gasteiger partial charge in [0.2, 0.25) is 14.2 Å². The first-order chi connectivity index (χ1) is 16.3. The van der Waals surface area contributed by atoms with Gasteiger partial charge in [-0.1, -0.05) is 48.5 Å². The average Bonchev–Trinajstić information content (AvgIpc) is 2.77. The largest absolute Gasteiger partial charge is 0.427 e. The number of hydrogen-bond acceptors (Lipinski definition) is 5. The molecule has 198 valence electrons. The predicted octanol–water partition coefficient (Wildman–Crippen LogP) is 7.28. The van der Waals surface area contributed by atoms with Gasteiger partial charge in [0.25, 0.3) is 0 Å². The Morgan fingerprint density at radius 2 is 1.80 bits per heavy atom. The van der Waals surface area contributed by atoms with Gasteiger partial charge in [0.1, 0.15) is 0 Å². The van der Waals surface area contributed by atoms with Crippen LogP contribution in [0.1, 0.15) is 77.8 Å². The molecular formula is C25H38Cl2NO6P. The zero-order valence-corrected chi connectivity index (χ0v) is 23.5. The van der Waals surface area contributed by atoms with Gasteiger partial charge in [0.05, 0.1) is 21.5 Å². The number of nitrogens with zero attached hydrogens (tertiary/aromatic N) is 1. The Morgan fingerprint density at radius 3 is 2.40 bits per heavy atom. The molecule has 1 amide bonds. The van der Waals surface area contributed by atoms with Crippen molar-refractivity contribution < 1.29 is 28.5 Å². The predicted molar refractivity (Wildman–Crippen MR) is 139 cm³/mol. The second kappa shape index (κ2) is 13.3. The number of carbonyl (C=O) groups excluding carboxylic acids is 2. The molecule has 0 saturated heterocycles. The number of ether oxygens (including phenoxy) is 2. The molecule has 10 heteroatoms. The second-order valence-electron chi connectivity index (χ2n) is 10.4. The zero-order chi connectivity index (χ0) is 26.2. The van der Waals surface area contributed by atoms with Crippen LogP contribution in [-0.2, 0) is 18.8 Å². The summed E-state index contributed by atoms with van der Waals surface area (Å²) >= 11 is 12.2. The van der Waals surface area contributed by atoms with Crippen molar-refractivity contribution in [2.75, 3.05) is 25.7 Å². The Hall–Kier alpha value is -1.27. The topological polar surface area (TPSA) is 93.1 Å². The maximum atomic E-state index is 12.9. The number of esters is 1. The third kappa shape index (κ3) is 9.95. The summed E-state index contributed by atoms with van der Waals surface area (Å²) < 4.78 is 23.1. The van der Waals surface area contributed by atoms with Crippen molar-refractivity contribution in [2.24, 2.45) is 11.3 Å². The Labute approximate surface area is 218 Å². The summed E-state index contributed by atoms with van der Waals surface area (Å²) in [4.78, 5) is 36.9. The molecule has 0 aliphatic heterocycles. The molecule has 0 spiro atoms. The van der Waals surface area contributed by atoms with E-state index in [2.05, 4.69) is 0 Å². The van der Waals surface area contributed by atoms with Crippen LogP contribution in [0.4, 0.5) is 4.79 Å². The van der Waals surface area contributed by atoms with E-state index in [1.807, 2.05) is 6.92 Å². The molecule has 1 fully saturated rings. The van der Waals surface area contributed by atoms with Crippen molar-refractivity contribution in [2.45, 2.75) is 72.3 Å². The van der Waals surface area contributed by atoms with E-state index in [1.165, 1.54) is 11.3 Å². The lowest BCUT2D eigenvalue weighted by Gasteiger charge is -2.30. The molecular weight excluding hydrogens is 512 g/mol. The lowest BCUT2D eigenvalue weighted by molar-refractivity contribution is -0.162. The van der Waals surface area contributed by atoms with Gasteiger partial charge in [-0.3, -0.25) is 9.36 Å². The highest BCUT2D eigenvalue weighted by Gasteiger charge is 2.29. The van der Waals surface area contributed by atoms with Gasteiger partial charge in [-0.25, -0.2) is 4.79 Å². The van der Waals surface area contributed by atoms with Crippen LogP contribution >= 0.6 is 30.6 Å². The third-order valence-corrected chi connectivity index (χ3v) is 9.13. The van der Waals surface area contributed by atoms with Crippen LogP contribution in [0.3, 0.4) is 0 Å². The van der Waals surface area contributed by atoms with Crippen molar-refractivity contribution >= 4 is 42.6 Å². The highest BCUT2D eigenvalue weighted by Crippen LogP contribution is 2.46. The van der Waals surface area contributed by atoms with Crippen LogP contribution in [0.5, 0.6) is 0 Å². The number of rotatable bonds is 10. The first-order valence-electron chi connectivity index (χ1n) is 12.2. The molecule has 1 aromatic carbocycles. The first kappa shape index (κ1) is 30.0.